The lowest BCUT2D eigenvalue weighted by atomic mass is 10.1. The minimum Gasteiger partial charge on any atom is -0.409 e. The van der Waals surface area contributed by atoms with Crippen molar-refractivity contribution in [2.45, 2.75) is 39.5 Å². The summed E-state index contributed by atoms with van der Waals surface area (Å²) in [5.41, 5.74) is 7.60. The number of benzene rings is 1. The molecule has 0 atom stereocenters. The quantitative estimate of drug-likeness (QED) is 0.325. The molecule has 1 rings (SSSR count). The Morgan fingerprint density at radius 2 is 1.85 bits per heavy atom. The maximum absolute atomic E-state index is 8.95. The molecule has 0 aliphatic heterocycles. The number of hydrogen-bond donors (Lipinski definition) is 2. The van der Waals surface area contributed by atoms with Crippen LogP contribution >= 0.6 is 15.9 Å². The van der Waals surface area contributed by atoms with Crippen molar-refractivity contribution in [2.75, 3.05) is 18.0 Å². The van der Waals surface area contributed by atoms with Crippen LogP contribution in [0.2, 0.25) is 0 Å². The van der Waals surface area contributed by atoms with Crippen molar-refractivity contribution in [3.8, 4) is 0 Å². The number of amidine groups is 1. The van der Waals surface area contributed by atoms with Crippen LogP contribution in [0.5, 0.6) is 0 Å². The van der Waals surface area contributed by atoms with Gasteiger partial charge in [-0.05, 0) is 31.0 Å². The number of halogens is 1. The van der Waals surface area contributed by atoms with Crippen LogP contribution in [0.15, 0.2) is 27.8 Å². The molecular weight excluding hydrogens is 318 g/mol. The maximum atomic E-state index is 8.95. The van der Waals surface area contributed by atoms with Gasteiger partial charge in [0.1, 0.15) is 0 Å². The summed E-state index contributed by atoms with van der Waals surface area (Å²) in [6, 6.07) is 5.84. The van der Waals surface area contributed by atoms with E-state index in [9.17, 15) is 0 Å². The fourth-order valence-electron chi connectivity index (χ4n) is 2.09. The summed E-state index contributed by atoms with van der Waals surface area (Å²) >= 11 is 3.50. The largest absolute Gasteiger partial charge is 0.409 e. The number of rotatable bonds is 8. The van der Waals surface area contributed by atoms with Gasteiger partial charge in [-0.3, -0.25) is 0 Å². The zero-order valence-electron chi connectivity index (χ0n) is 12.3. The van der Waals surface area contributed by atoms with Crippen molar-refractivity contribution in [1.29, 1.82) is 0 Å². The van der Waals surface area contributed by atoms with Crippen molar-refractivity contribution in [3.05, 3.63) is 28.2 Å². The lowest BCUT2D eigenvalue weighted by Gasteiger charge is -2.27. The van der Waals surface area contributed by atoms with Crippen molar-refractivity contribution >= 4 is 27.5 Å². The third kappa shape index (κ3) is 4.71. The first-order valence-electron chi connectivity index (χ1n) is 7.16. The normalized spacial score (nSPS) is 11.7. The number of unbranched alkanes of at least 4 members (excludes halogenated alkanes) is 2. The molecule has 20 heavy (non-hydrogen) atoms. The van der Waals surface area contributed by atoms with Gasteiger partial charge in [0.25, 0.3) is 0 Å². The highest BCUT2D eigenvalue weighted by atomic mass is 79.9. The molecule has 0 heterocycles. The van der Waals surface area contributed by atoms with Crippen LogP contribution in [0, 0.1) is 0 Å². The number of anilines is 1. The van der Waals surface area contributed by atoms with Crippen LogP contribution in [-0.4, -0.2) is 24.1 Å². The van der Waals surface area contributed by atoms with Crippen molar-refractivity contribution in [2.24, 2.45) is 10.9 Å². The summed E-state index contributed by atoms with van der Waals surface area (Å²) in [6.45, 7) is 6.34. The second-order valence-electron chi connectivity index (χ2n) is 4.84. The average molecular weight is 342 g/mol. The summed E-state index contributed by atoms with van der Waals surface area (Å²) < 4.78 is 1.000. The molecule has 1 aromatic rings. The zero-order chi connectivity index (χ0) is 15.0. The molecule has 0 radical (unpaired) electrons. The van der Waals surface area contributed by atoms with Gasteiger partial charge < -0.3 is 15.8 Å². The number of oxime groups is 1. The fourth-order valence-corrected chi connectivity index (χ4v) is 2.44. The molecule has 112 valence electrons. The third-order valence-corrected chi connectivity index (χ3v) is 3.74. The Morgan fingerprint density at radius 1 is 1.25 bits per heavy atom. The van der Waals surface area contributed by atoms with E-state index in [0.29, 0.717) is 0 Å². The first-order valence-corrected chi connectivity index (χ1v) is 7.95. The minimum absolute atomic E-state index is 0.158. The number of nitrogens with two attached hydrogens (primary N) is 1. The number of nitrogens with zero attached hydrogens (tertiary/aromatic N) is 2. The molecule has 3 N–H and O–H groups in total. The van der Waals surface area contributed by atoms with Crippen LogP contribution in [0.4, 0.5) is 5.69 Å². The molecular formula is C15H24BrN3O. The van der Waals surface area contributed by atoms with E-state index in [4.69, 9.17) is 10.9 Å². The van der Waals surface area contributed by atoms with Gasteiger partial charge in [-0.2, -0.15) is 0 Å². The number of hydrogen-bond acceptors (Lipinski definition) is 3. The molecule has 0 amide bonds. The summed E-state index contributed by atoms with van der Waals surface area (Å²) in [6.07, 6.45) is 4.56. The topological polar surface area (TPSA) is 61.8 Å². The Labute approximate surface area is 129 Å². The molecule has 1 aromatic carbocycles. The second kappa shape index (κ2) is 8.84. The van der Waals surface area contributed by atoms with Crippen molar-refractivity contribution in [1.82, 2.24) is 0 Å². The van der Waals surface area contributed by atoms with E-state index < -0.39 is 0 Å². The Balaban J connectivity index is 3.11. The van der Waals surface area contributed by atoms with Gasteiger partial charge >= 0.3 is 0 Å². The molecule has 5 heteroatoms. The third-order valence-electron chi connectivity index (χ3n) is 3.25. The van der Waals surface area contributed by atoms with E-state index in [1.807, 2.05) is 18.2 Å². The molecule has 0 unspecified atom stereocenters. The molecule has 0 spiro atoms. The standard InChI is InChI=1S/C15H24BrN3O/c1-3-5-9-19(10-6-4-2)14-11-12(16)7-8-13(14)15(17)18-20/h7-8,11,20H,3-6,9-10H2,1-2H3,(H2,17,18). The molecule has 0 aliphatic carbocycles. The van der Waals surface area contributed by atoms with Gasteiger partial charge in [0.15, 0.2) is 5.84 Å². The Bertz CT molecular complexity index is 441. The van der Waals surface area contributed by atoms with E-state index in [0.717, 1.165) is 54.5 Å². The molecule has 0 saturated carbocycles. The first-order chi connectivity index (χ1) is 9.63. The van der Waals surface area contributed by atoms with Gasteiger partial charge in [-0.15, -0.1) is 0 Å². The highest BCUT2D eigenvalue weighted by Crippen LogP contribution is 2.26. The van der Waals surface area contributed by atoms with Crippen LogP contribution in [0.3, 0.4) is 0 Å². The van der Waals surface area contributed by atoms with E-state index in [-0.39, 0.29) is 5.84 Å². The van der Waals surface area contributed by atoms with E-state index in [1.165, 1.54) is 0 Å². The van der Waals surface area contributed by atoms with Crippen LogP contribution < -0.4 is 10.6 Å². The Morgan fingerprint density at radius 3 is 2.35 bits per heavy atom. The molecule has 0 fully saturated rings. The average Bonchev–Trinajstić information content (AvgIpc) is 2.46. The highest BCUT2D eigenvalue weighted by molar-refractivity contribution is 9.10. The summed E-state index contributed by atoms with van der Waals surface area (Å²) in [5.74, 6) is 0.158. The van der Waals surface area contributed by atoms with Gasteiger partial charge in [0.2, 0.25) is 0 Å². The lowest BCUT2D eigenvalue weighted by molar-refractivity contribution is 0.318. The fraction of sp³-hybridized carbons (Fsp3) is 0.533. The van der Waals surface area contributed by atoms with E-state index >= 15 is 0 Å². The molecule has 0 aromatic heterocycles. The second-order valence-corrected chi connectivity index (χ2v) is 5.76. The van der Waals surface area contributed by atoms with E-state index in [2.05, 4.69) is 39.8 Å². The predicted molar refractivity (Wildman–Crippen MR) is 88.7 cm³/mol. The SMILES string of the molecule is CCCCN(CCCC)c1cc(Br)ccc1/C(N)=N/O. The van der Waals surface area contributed by atoms with E-state index in [1.54, 1.807) is 0 Å². The van der Waals surface area contributed by atoms with Crippen LogP contribution in [0.25, 0.3) is 0 Å². The monoisotopic (exact) mass is 341 g/mol. The summed E-state index contributed by atoms with van der Waals surface area (Å²) in [5, 5.41) is 12.1. The minimum atomic E-state index is 0.158. The van der Waals surface area contributed by atoms with Crippen LogP contribution in [-0.2, 0) is 0 Å². The van der Waals surface area contributed by atoms with Gasteiger partial charge in [0, 0.05) is 28.8 Å². The van der Waals surface area contributed by atoms with Gasteiger partial charge in [0.05, 0.1) is 0 Å². The van der Waals surface area contributed by atoms with Crippen molar-refractivity contribution < 1.29 is 5.21 Å². The van der Waals surface area contributed by atoms with Crippen LogP contribution in [0.1, 0.15) is 45.1 Å². The van der Waals surface area contributed by atoms with Crippen molar-refractivity contribution in [3.63, 3.8) is 0 Å². The first kappa shape index (κ1) is 16.8. The molecule has 4 nitrogen and oxygen atoms in total. The molecule has 0 aliphatic rings. The zero-order valence-corrected chi connectivity index (χ0v) is 13.9. The summed E-state index contributed by atoms with van der Waals surface area (Å²) in [4.78, 5) is 2.32. The smallest absolute Gasteiger partial charge is 0.172 e. The predicted octanol–water partition coefficient (Wildman–Crippen LogP) is 3.95. The van der Waals surface area contributed by atoms with Gasteiger partial charge in [-0.25, -0.2) is 0 Å². The molecule has 0 bridgehead atoms. The summed E-state index contributed by atoms with van der Waals surface area (Å²) in [7, 11) is 0. The molecule has 0 saturated heterocycles. The maximum Gasteiger partial charge on any atom is 0.172 e. The Kier molecular flexibility index (Phi) is 7.44. The highest BCUT2D eigenvalue weighted by Gasteiger charge is 2.14. The Hall–Kier alpha value is -1.23. The lowest BCUT2D eigenvalue weighted by Crippen LogP contribution is -2.28. The van der Waals surface area contributed by atoms with Gasteiger partial charge in [-0.1, -0.05) is 47.8 Å².